The van der Waals surface area contributed by atoms with Crippen LogP contribution in [0.15, 0.2) is 48.5 Å². The minimum atomic E-state index is -3.79. The van der Waals surface area contributed by atoms with Crippen molar-refractivity contribution >= 4 is 21.4 Å². The fourth-order valence-corrected chi connectivity index (χ4v) is 4.46. The number of aryl methyl sites for hydroxylation is 1. The highest BCUT2D eigenvalue weighted by atomic mass is 32.2. The standard InChI is InChI=1S/C16H14FNO3S/c1-11-5-4-6-12(9-11)18-15(19)10-22(20,21)16(18)13-7-2-3-8-14(13)17/h2-9,16H,10H2,1H3. The molecule has 1 heterocycles. The maximum absolute atomic E-state index is 14.1. The van der Waals surface area contributed by atoms with Gasteiger partial charge < -0.3 is 0 Å². The average molecular weight is 319 g/mol. The van der Waals surface area contributed by atoms with Gasteiger partial charge in [-0.25, -0.2) is 12.8 Å². The highest BCUT2D eigenvalue weighted by molar-refractivity contribution is 7.93. The van der Waals surface area contributed by atoms with Gasteiger partial charge in [0, 0.05) is 11.3 Å². The molecule has 1 fully saturated rings. The number of carbonyl (C=O) groups excluding carboxylic acids is 1. The third-order valence-electron chi connectivity index (χ3n) is 3.62. The van der Waals surface area contributed by atoms with E-state index in [1.54, 1.807) is 24.3 Å². The van der Waals surface area contributed by atoms with Gasteiger partial charge in [-0.2, -0.15) is 0 Å². The van der Waals surface area contributed by atoms with E-state index < -0.39 is 32.7 Å². The summed E-state index contributed by atoms with van der Waals surface area (Å²) in [7, 11) is -3.79. The van der Waals surface area contributed by atoms with E-state index in [9.17, 15) is 17.6 Å². The molecule has 0 N–H and O–H groups in total. The summed E-state index contributed by atoms with van der Waals surface area (Å²) in [5.74, 6) is -1.79. The molecule has 0 saturated carbocycles. The number of hydrogen-bond donors (Lipinski definition) is 0. The second-order valence-corrected chi connectivity index (χ2v) is 7.34. The molecule has 1 saturated heterocycles. The van der Waals surface area contributed by atoms with Crippen LogP contribution in [0.25, 0.3) is 0 Å². The third-order valence-corrected chi connectivity index (χ3v) is 5.41. The molecule has 0 radical (unpaired) electrons. The maximum Gasteiger partial charge on any atom is 0.243 e. The van der Waals surface area contributed by atoms with Crippen LogP contribution in [0.2, 0.25) is 0 Å². The van der Waals surface area contributed by atoms with Gasteiger partial charge in [-0.3, -0.25) is 9.69 Å². The summed E-state index contributed by atoms with van der Waals surface area (Å²) in [6.45, 7) is 1.84. The van der Waals surface area contributed by atoms with Crippen LogP contribution in [-0.4, -0.2) is 20.1 Å². The van der Waals surface area contributed by atoms with Crippen molar-refractivity contribution in [3.63, 3.8) is 0 Å². The number of hydrogen-bond acceptors (Lipinski definition) is 3. The van der Waals surface area contributed by atoms with Crippen LogP contribution in [-0.2, 0) is 14.6 Å². The van der Waals surface area contributed by atoms with Crippen LogP contribution in [0, 0.1) is 12.7 Å². The van der Waals surface area contributed by atoms with E-state index >= 15 is 0 Å². The number of amides is 1. The molecule has 114 valence electrons. The number of nitrogens with zero attached hydrogens (tertiary/aromatic N) is 1. The summed E-state index contributed by atoms with van der Waals surface area (Å²) in [5, 5.41) is -1.32. The number of benzene rings is 2. The Hall–Kier alpha value is -2.21. The first-order chi connectivity index (χ1) is 10.4. The van der Waals surface area contributed by atoms with E-state index in [2.05, 4.69) is 0 Å². The van der Waals surface area contributed by atoms with Gasteiger partial charge >= 0.3 is 0 Å². The Balaban J connectivity index is 2.19. The Morgan fingerprint density at radius 2 is 1.86 bits per heavy atom. The summed E-state index contributed by atoms with van der Waals surface area (Å²) in [4.78, 5) is 13.4. The minimum Gasteiger partial charge on any atom is -0.290 e. The molecule has 0 bridgehead atoms. The lowest BCUT2D eigenvalue weighted by molar-refractivity contribution is -0.115. The molecule has 3 rings (SSSR count). The summed E-state index contributed by atoms with van der Waals surface area (Å²) in [6.07, 6.45) is 0. The van der Waals surface area contributed by atoms with Gasteiger partial charge in [0.15, 0.2) is 15.2 Å². The zero-order chi connectivity index (χ0) is 15.9. The predicted octanol–water partition coefficient (Wildman–Crippen LogP) is 2.59. The number of halogens is 1. The first-order valence-electron chi connectivity index (χ1n) is 6.75. The number of anilines is 1. The van der Waals surface area contributed by atoms with Crippen molar-refractivity contribution < 1.29 is 17.6 Å². The smallest absolute Gasteiger partial charge is 0.243 e. The first-order valence-corrected chi connectivity index (χ1v) is 8.46. The quantitative estimate of drug-likeness (QED) is 0.855. The van der Waals surface area contributed by atoms with Gasteiger partial charge in [-0.05, 0) is 30.7 Å². The topological polar surface area (TPSA) is 54.5 Å². The molecule has 2 aromatic rings. The fraction of sp³-hybridized carbons (Fsp3) is 0.188. The Morgan fingerprint density at radius 1 is 1.14 bits per heavy atom. The molecule has 6 heteroatoms. The molecule has 1 amide bonds. The number of rotatable bonds is 2. The van der Waals surface area contributed by atoms with Gasteiger partial charge in [0.05, 0.1) is 0 Å². The molecule has 22 heavy (non-hydrogen) atoms. The second-order valence-electron chi connectivity index (χ2n) is 5.28. The van der Waals surface area contributed by atoms with Crippen molar-refractivity contribution in [1.82, 2.24) is 0 Å². The zero-order valence-electron chi connectivity index (χ0n) is 11.9. The molecule has 1 aliphatic rings. The third kappa shape index (κ3) is 2.39. The summed E-state index contributed by atoms with van der Waals surface area (Å²) < 4.78 is 38.8. The molecule has 0 aliphatic carbocycles. The molecule has 4 nitrogen and oxygen atoms in total. The average Bonchev–Trinajstić information content (AvgIpc) is 2.68. The van der Waals surface area contributed by atoms with Gasteiger partial charge in [-0.15, -0.1) is 0 Å². The van der Waals surface area contributed by atoms with E-state index in [0.717, 1.165) is 5.56 Å². The first kappa shape index (κ1) is 14.7. The highest BCUT2D eigenvalue weighted by Gasteiger charge is 2.46. The lowest BCUT2D eigenvalue weighted by atomic mass is 10.1. The number of carbonyl (C=O) groups is 1. The molecule has 0 aromatic heterocycles. The van der Waals surface area contributed by atoms with Crippen molar-refractivity contribution in [3.05, 3.63) is 65.5 Å². The molecule has 0 spiro atoms. The van der Waals surface area contributed by atoms with Gasteiger partial charge in [0.1, 0.15) is 11.6 Å². The van der Waals surface area contributed by atoms with E-state index in [1.807, 2.05) is 13.0 Å². The van der Waals surface area contributed by atoms with Crippen LogP contribution in [0.1, 0.15) is 16.5 Å². The molecule has 1 atom stereocenters. The fourth-order valence-electron chi connectivity index (χ4n) is 2.68. The van der Waals surface area contributed by atoms with E-state index in [4.69, 9.17) is 0 Å². The summed E-state index contributed by atoms with van der Waals surface area (Å²) in [5.41, 5.74) is 1.34. The van der Waals surface area contributed by atoms with Crippen molar-refractivity contribution in [2.45, 2.75) is 12.3 Å². The Morgan fingerprint density at radius 3 is 2.55 bits per heavy atom. The summed E-state index contributed by atoms with van der Waals surface area (Å²) >= 11 is 0. The molecular formula is C16H14FNO3S. The van der Waals surface area contributed by atoms with Crippen LogP contribution in [0.4, 0.5) is 10.1 Å². The maximum atomic E-state index is 14.1. The zero-order valence-corrected chi connectivity index (χ0v) is 12.7. The minimum absolute atomic E-state index is 0.00476. The highest BCUT2D eigenvalue weighted by Crippen LogP contribution is 2.38. The molecular weight excluding hydrogens is 305 g/mol. The van der Waals surface area contributed by atoms with Crippen LogP contribution in [0.3, 0.4) is 0 Å². The lowest BCUT2D eigenvalue weighted by Gasteiger charge is -2.24. The van der Waals surface area contributed by atoms with E-state index in [1.165, 1.54) is 23.1 Å². The SMILES string of the molecule is Cc1cccc(N2C(=O)CS(=O)(=O)C2c2ccccc2F)c1. The summed E-state index contributed by atoms with van der Waals surface area (Å²) in [6, 6.07) is 12.6. The lowest BCUT2D eigenvalue weighted by Crippen LogP contribution is -2.29. The van der Waals surface area contributed by atoms with Gasteiger partial charge in [-0.1, -0.05) is 30.3 Å². The van der Waals surface area contributed by atoms with E-state index in [-0.39, 0.29) is 5.56 Å². The normalized spacial score (nSPS) is 20.4. The van der Waals surface area contributed by atoms with Crippen LogP contribution < -0.4 is 4.90 Å². The second kappa shape index (κ2) is 5.21. The molecule has 2 aromatic carbocycles. The van der Waals surface area contributed by atoms with Crippen molar-refractivity contribution in [2.24, 2.45) is 0 Å². The van der Waals surface area contributed by atoms with Crippen molar-refractivity contribution in [3.8, 4) is 0 Å². The molecule has 1 aliphatic heterocycles. The largest absolute Gasteiger partial charge is 0.290 e. The van der Waals surface area contributed by atoms with E-state index in [0.29, 0.717) is 5.69 Å². The van der Waals surface area contributed by atoms with Crippen LogP contribution >= 0.6 is 0 Å². The van der Waals surface area contributed by atoms with Crippen molar-refractivity contribution in [2.75, 3.05) is 10.7 Å². The Labute approximate surface area is 128 Å². The van der Waals surface area contributed by atoms with Gasteiger partial charge in [0.2, 0.25) is 5.91 Å². The Bertz CT molecular complexity index is 848. The van der Waals surface area contributed by atoms with Crippen LogP contribution in [0.5, 0.6) is 0 Å². The molecule has 1 unspecified atom stereocenters. The Kier molecular flexibility index (Phi) is 3.48. The van der Waals surface area contributed by atoms with Crippen molar-refractivity contribution in [1.29, 1.82) is 0 Å². The predicted molar refractivity (Wildman–Crippen MR) is 81.6 cm³/mol. The number of sulfone groups is 1. The monoisotopic (exact) mass is 319 g/mol. The van der Waals surface area contributed by atoms with Gasteiger partial charge in [0.25, 0.3) is 0 Å².